The van der Waals surface area contributed by atoms with Gasteiger partial charge in [0.05, 0.1) is 12.2 Å². The SMILES string of the molecule is C=C(C)C(=O)OCOC1C2CCC(O2)C1O[SH](=O)=O. The molecule has 2 bridgehead atoms. The predicted octanol–water partition coefficient (Wildman–Crippen LogP) is -0.0788. The maximum Gasteiger partial charge on any atom is 0.335 e. The minimum Gasteiger partial charge on any atom is -0.435 e. The molecule has 2 rings (SSSR count). The molecular formula is C11H16O7S. The molecule has 2 aliphatic rings. The first kappa shape index (κ1) is 14.4. The molecule has 0 aromatic rings. The van der Waals surface area contributed by atoms with Crippen molar-refractivity contribution in [1.29, 1.82) is 0 Å². The third-order valence-corrected chi connectivity index (χ3v) is 3.56. The van der Waals surface area contributed by atoms with E-state index in [-0.39, 0.29) is 24.6 Å². The van der Waals surface area contributed by atoms with Crippen LogP contribution < -0.4 is 0 Å². The van der Waals surface area contributed by atoms with Crippen molar-refractivity contribution >= 4 is 17.0 Å². The van der Waals surface area contributed by atoms with Gasteiger partial charge >= 0.3 is 5.97 Å². The van der Waals surface area contributed by atoms with Crippen LogP contribution in [0.3, 0.4) is 0 Å². The lowest BCUT2D eigenvalue weighted by atomic mass is 9.95. The smallest absolute Gasteiger partial charge is 0.335 e. The maximum absolute atomic E-state index is 11.2. The van der Waals surface area contributed by atoms with Crippen LogP contribution in [0, 0.1) is 0 Å². The van der Waals surface area contributed by atoms with E-state index >= 15 is 0 Å². The van der Waals surface area contributed by atoms with Gasteiger partial charge in [-0.25, -0.2) is 13.2 Å². The molecule has 0 spiro atoms. The topological polar surface area (TPSA) is 88.1 Å². The zero-order valence-electron chi connectivity index (χ0n) is 10.4. The monoisotopic (exact) mass is 292 g/mol. The van der Waals surface area contributed by atoms with Gasteiger partial charge in [0.25, 0.3) is 11.0 Å². The molecule has 0 aliphatic carbocycles. The Kier molecular flexibility index (Phi) is 4.56. The molecule has 0 radical (unpaired) electrons. The number of thiol groups is 1. The van der Waals surface area contributed by atoms with Crippen LogP contribution in [0.25, 0.3) is 0 Å². The van der Waals surface area contributed by atoms with Gasteiger partial charge in [0.2, 0.25) is 0 Å². The first-order valence-corrected chi connectivity index (χ1v) is 6.99. The summed E-state index contributed by atoms with van der Waals surface area (Å²) in [5.41, 5.74) is 0.267. The van der Waals surface area contributed by atoms with E-state index in [2.05, 4.69) is 6.58 Å². The first-order chi connectivity index (χ1) is 8.99. The van der Waals surface area contributed by atoms with Crippen LogP contribution in [0.2, 0.25) is 0 Å². The lowest BCUT2D eigenvalue weighted by Gasteiger charge is -2.25. The molecule has 0 saturated carbocycles. The number of carbonyl (C=O) groups is 1. The summed E-state index contributed by atoms with van der Waals surface area (Å²) in [5.74, 6) is -0.559. The molecule has 4 unspecified atom stereocenters. The zero-order chi connectivity index (χ0) is 14.0. The Labute approximate surface area is 112 Å². The largest absolute Gasteiger partial charge is 0.435 e. The molecular weight excluding hydrogens is 276 g/mol. The fourth-order valence-electron chi connectivity index (χ4n) is 2.31. The van der Waals surface area contributed by atoms with Crippen molar-refractivity contribution < 1.29 is 31.6 Å². The van der Waals surface area contributed by atoms with Crippen LogP contribution in [0.4, 0.5) is 0 Å². The number of carbonyl (C=O) groups excluding carboxylic acids is 1. The second-order valence-electron chi connectivity index (χ2n) is 4.55. The number of rotatable bonds is 6. The van der Waals surface area contributed by atoms with Crippen molar-refractivity contribution in [2.45, 2.75) is 44.2 Å². The molecule has 2 heterocycles. The fraction of sp³-hybridized carbons (Fsp3) is 0.727. The van der Waals surface area contributed by atoms with Gasteiger partial charge in [-0.3, -0.25) is 4.18 Å². The quantitative estimate of drug-likeness (QED) is 0.317. The minimum atomic E-state index is -2.97. The third-order valence-electron chi connectivity index (χ3n) is 3.15. The molecule has 108 valence electrons. The molecule has 0 amide bonds. The summed E-state index contributed by atoms with van der Waals surface area (Å²) in [7, 11) is -2.97. The van der Waals surface area contributed by atoms with E-state index in [9.17, 15) is 13.2 Å². The van der Waals surface area contributed by atoms with Crippen LogP contribution in [0.15, 0.2) is 12.2 Å². The molecule has 19 heavy (non-hydrogen) atoms. The molecule has 2 aliphatic heterocycles. The lowest BCUT2D eigenvalue weighted by molar-refractivity contribution is -0.162. The first-order valence-electron chi connectivity index (χ1n) is 5.90. The van der Waals surface area contributed by atoms with Gasteiger partial charge in [-0.1, -0.05) is 6.58 Å². The van der Waals surface area contributed by atoms with Crippen LogP contribution in [0.5, 0.6) is 0 Å². The van der Waals surface area contributed by atoms with Crippen molar-refractivity contribution in [3.05, 3.63) is 12.2 Å². The minimum absolute atomic E-state index is 0.214. The van der Waals surface area contributed by atoms with Gasteiger partial charge in [0, 0.05) is 5.57 Å². The van der Waals surface area contributed by atoms with Gasteiger partial charge in [0.1, 0.15) is 12.2 Å². The molecule has 2 saturated heterocycles. The Morgan fingerprint density at radius 2 is 1.95 bits per heavy atom. The Hall–Kier alpha value is -0.960. The van der Waals surface area contributed by atoms with Crippen molar-refractivity contribution in [2.75, 3.05) is 6.79 Å². The summed E-state index contributed by atoms with van der Waals surface area (Å²) in [4.78, 5) is 11.2. The molecule has 4 atom stereocenters. The number of ether oxygens (including phenoxy) is 3. The van der Waals surface area contributed by atoms with Crippen LogP contribution in [-0.4, -0.2) is 45.6 Å². The summed E-state index contributed by atoms with van der Waals surface area (Å²) < 4.78 is 41.8. The molecule has 0 aromatic carbocycles. The second-order valence-corrected chi connectivity index (χ2v) is 5.20. The van der Waals surface area contributed by atoms with Crippen LogP contribution >= 0.6 is 0 Å². The van der Waals surface area contributed by atoms with Gasteiger partial charge in [-0.2, -0.15) is 0 Å². The predicted molar refractivity (Wildman–Crippen MR) is 63.7 cm³/mol. The molecule has 7 nitrogen and oxygen atoms in total. The highest BCUT2D eigenvalue weighted by Crippen LogP contribution is 2.38. The van der Waals surface area contributed by atoms with Crippen molar-refractivity contribution in [2.24, 2.45) is 0 Å². The maximum atomic E-state index is 11.2. The summed E-state index contributed by atoms with van der Waals surface area (Å²) in [6, 6.07) is 0. The van der Waals surface area contributed by atoms with Gasteiger partial charge < -0.3 is 14.2 Å². The standard InChI is InChI=1S/C11H16O7S/c1-6(2)11(12)16-5-15-9-7-3-4-8(17-7)10(9)18-19(13)14/h7-10,19H,1,3-5H2,2H3. The van der Waals surface area contributed by atoms with E-state index in [4.69, 9.17) is 18.4 Å². The Balaban J connectivity index is 1.87. The summed E-state index contributed by atoms with van der Waals surface area (Å²) in [6.45, 7) is 4.68. The highest BCUT2D eigenvalue weighted by Gasteiger charge is 2.51. The van der Waals surface area contributed by atoms with Crippen molar-refractivity contribution in [3.8, 4) is 0 Å². The van der Waals surface area contributed by atoms with E-state index in [1.165, 1.54) is 6.92 Å². The van der Waals surface area contributed by atoms with Crippen LogP contribution in [0.1, 0.15) is 19.8 Å². The van der Waals surface area contributed by atoms with E-state index < -0.39 is 29.2 Å². The second kappa shape index (κ2) is 6.00. The van der Waals surface area contributed by atoms with E-state index in [1.807, 2.05) is 0 Å². The third kappa shape index (κ3) is 3.33. The summed E-state index contributed by atoms with van der Waals surface area (Å²) >= 11 is 0. The average Bonchev–Trinajstić information content (AvgIpc) is 2.90. The number of hydrogen-bond donors (Lipinski definition) is 1. The normalized spacial score (nSPS) is 32.7. The highest BCUT2D eigenvalue weighted by molar-refractivity contribution is 7.67. The van der Waals surface area contributed by atoms with Crippen molar-refractivity contribution in [1.82, 2.24) is 0 Å². The highest BCUT2D eigenvalue weighted by atomic mass is 32.2. The van der Waals surface area contributed by atoms with Gasteiger partial charge in [0.15, 0.2) is 6.79 Å². The summed E-state index contributed by atoms with van der Waals surface area (Å²) in [5, 5.41) is 0. The zero-order valence-corrected chi connectivity index (χ0v) is 11.3. The van der Waals surface area contributed by atoms with E-state index in [0.717, 1.165) is 12.8 Å². The summed E-state index contributed by atoms with van der Waals surface area (Å²) in [6.07, 6.45) is -0.176. The number of fused-ring (bicyclic) bond motifs is 2. The van der Waals surface area contributed by atoms with E-state index in [1.54, 1.807) is 0 Å². The number of esters is 1. The Bertz CT molecular complexity index is 436. The van der Waals surface area contributed by atoms with Crippen molar-refractivity contribution in [3.63, 3.8) is 0 Å². The van der Waals surface area contributed by atoms with Gasteiger partial charge in [-0.05, 0) is 19.8 Å². The Morgan fingerprint density at radius 3 is 2.53 bits per heavy atom. The fourth-order valence-corrected chi connectivity index (χ4v) is 2.77. The lowest BCUT2D eigenvalue weighted by Crippen LogP contribution is -2.41. The molecule has 0 N–H and O–H groups in total. The van der Waals surface area contributed by atoms with E-state index in [0.29, 0.717) is 0 Å². The molecule has 2 fully saturated rings. The average molecular weight is 292 g/mol. The molecule has 0 aromatic heterocycles. The van der Waals surface area contributed by atoms with Gasteiger partial charge in [-0.15, -0.1) is 0 Å². The Morgan fingerprint density at radius 1 is 1.32 bits per heavy atom. The molecule has 8 heteroatoms. The number of hydrogen-bond acceptors (Lipinski definition) is 7. The van der Waals surface area contributed by atoms with Crippen LogP contribution in [-0.2, 0) is 34.2 Å².